The molecule has 4 heterocycles. The normalized spacial score (nSPS) is 11.9. The second-order valence-corrected chi connectivity index (χ2v) is 14.4. The third-order valence-corrected chi connectivity index (χ3v) is 11.2. The summed E-state index contributed by atoms with van der Waals surface area (Å²) in [5.41, 5.74) is 11.1. The number of para-hydroxylation sites is 5. The third-order valence-electron chi connectivity index (χ3n) is 11.2. The highest BCUT2D eigenvalue weighted by atomic mass is 16.3. The molecule has 0 N–H and O–H groups in total. The summed E-state index contributed by atoms with van der Waals surface area (Å²) in [4.78, 5) is 15.7. The van der Waals surface area contributed by atoms with Crippen molar-refractivity contribution in [2.75, 3.05) is 0 Å². The first-order valence-corrected chi connectivity index (χ1v) is 19.1. The van der Waals surface area contributed by atoms with Crippen molar-refractivity contribution in [3.63, 3.8) is 0 Å². The van der Waals surface area contributed by atoms with Gasteiger partial charge in [-0.05, 0) is 48.5 Å². The molecule has 12 aromatic rings. The Kier molecular flexibility index (Phi) is 6.83. The number of rotatable bonds is 5. The quantitative estimate of drug-likeness (QED) is 0.177. The third kappa shape index (κ3) is 4.74. The SMILES string of the molecule is c1ccc(-c2nc(-c3cccc4oc5ccccc5c34)nc(-c3cccc4c3c3ccccc3n4-c3cccc4c5ccccc5n(-c5ccccc5)c34)n2)cc1. The number of hydrogen-bond donors (Lipinski definition) is 0. The van der Waals surface area contributed by atoms with E-state index >= 15 is 0 Å². The Morgan fingerprint density at radius 2 is 0.895 bits per heavy atom. The van der Waals surface area contributed by atoms with Crippen LogP contribution in [0.5, 0.6) is 0 Å². The fourth-order valence-corrected chi connectivity index (χ4v) is 8.79. The summed E-state index contributed by atoms with van der Waals surface area (Å²) in [7, 11) is 0. The molecule has 0 atom stereocenters. The smallest absolute Gasteiger partial charge is 0.164 e. The standard InChI is InChI=1S/C51H31N5O/c1-3-16-32(17-4-1)49-52-50(54-51(53-49)39-25-15-31-45-47(39)37-22-9-12-30-44(37)57-45)38-24-14-28-42-46(38)36-21-8-11-27-41(36)56(42)43-29-13-23-35-34-20-7-10-26-40(34)55(48(35)43)33-18-5-2-6-19-33/h1-31H. The maximum absolute atomic E-state index is 6.31. The highest BCUT2D eigenvalue weighted by Gasteiger charge is 2.23. The number of hydrogen-bond acceptors (Lipinski definition) is 4. The van der Waals surface area contributed by atoms with Gasteiger partial charge in [-0.15, -0.1) is 0 Å². The molecule has 0 radical (unpaired) electrons. The van der Waals surface area contributed by atoms with E-state index in [2.05, 4.69) is 149 Å². The Labute approximate surface area is 326 Å². The lowest BCUT2D eigenvalue weighted by atomic mass is 10.0. The maximum atomic E-state index is 6.31. The van der Waals surface area contributed by atoms with Crippen LogP contribution in [0.2, 0.25) is 0 Å². The molecule has 0 saturated carbocycles. The predicted octanol–water partition coefficient (Wildman–Crippen LogP) is 13.0. The minimum absolute atomic E-state index is 0.592. The summed E-state index contributed by atoms with van der Waals surface area (Å²) in [5.74, 6) is 1.81. The van der Waals surface area contributed by atoms with Gasteiger partial charge in [-0.1, -0.05) is 140 Å². The number of nitrogens with zero attached hydrogens (tertiary/aromatic N) is 5. The van der Waals surface area contributed by atoms with Crippen LogP contribution < -0.4 is 0 Å². The molecule has 0 fully saturated rings. The van der Waals surface area contributed by atoms with Gasteiger partial charge in [0.15, 0.2) is 17.5 Å². The first kappa shape index (κ1) is 31.5. The lowest BCUT2D eigenvalue weighted by Crippen LogP contribution is -2.01. The van der Waals surface area contributed by atoms with Gasteiger partial charge in [0.25, 0.3) is 0 Å². The minimum atomic E-state index is 0.592. The van der Waals surface area contributed by atoms with Gasteiger partial charge >= 0.3 is 0 Å². The molecule has 12 rings (SSSR count). The number of benzene rings is 8. The van der Waals surface area contributed by atoms with Crippen molar-refractivity contribution in [3.05, 3.63) is 188 Å². The molecule has 0 spiro atoms. The molecule has 0 aliphatic carbocycles. The molecule has 6 heteroatoms. The van der Waals surface area contributed by atoms with Crippen molar-refractivity contribution in [3.8, 4) is 45.5 Å². The van der Waals surface area contributed by atoms with Crippen LogP contribution in [0, 0.1) is 0 Å². The molecule has 57 heavy (non-hydrogen) atoms. The Bertz CT molecular complexity index is 3520. The van der Waals surface area contributed by atoms with Gasteiger partial charge in [-0.2, -0.15) is 0 Å². The second-order valence-electron chi connectivity index (χ2n) is 14.4. The lowest BCUT2D eigenvalue weighted by molar-refractivity contribution is 0.669. The zero-order chi connectivity index (χ0) is 37.5. The number of fused-ring (bicyclic) bond motifs is 9. The molecular weight excluding hydrogens is 699 g/mol. The van der Waals surface area contributed by atoms with Crippen molar-refractivity contribution in [1.82, 2.24) is 24.1 Å². The van der Waals surface area contributed by atoms with Crippen LogP contribution in [0.15, 0.2) is 192 Å². The van der Waals surface area contributed by atoms with Crippen LogP contribution in [-0.4, -0.2) is 24.1 Å². The first-order valence-electron chi connectivity index (χ1n) is 19.1. The second kappa shape index (κ2) is 12.3. The van der Waals surface area contributed by atoms with E-state index in [0.717, 1.165) is 77.3 Å². The van der Waals surface area contributed by atoms with Crippen LogP contribution in [-0.2, 0) is 0 Å². The van der Waals surface area contributed by atoms with E-state index in [1.807, 2.05) is 48.5 Å². The largest absolute Gasteiger partial charge is 0.456 e. The van der Waals surface area contributed by atoms with Gasteiger partial charge in [0.2, 0.25) is 0 Å². The van der Waals surface area contributed by atoms with Crippen molar-refractivity contribution < 1.29 is 4.42 Å². The van der Waals surface area contributed by atoms with Gasteiger partial charge in [0.05, 0.1) is 27.8 Å². The average Bonchev–Trinajstić information content (AvgIpc) is 3.95. The van der Waals surface area contributed by atoms with E-state index in [-0.39, 0.29) is 0 Å². The summed E-state index contributed by atoms with van der Waals surface area (Å²) in [6, 6.07) is 65.5. The Morgan fingerprint density at radius 1 is 0.351 bits per heavy atom. The molecule has 4 aromatic heterocycles. The monoisotopic (exact) mass is 729 g/mol. The number of furan rings is 1. The van der Waals surface area contributed by atoms with Crippen molar-refractivity contribution in [2.24, 2.45) is 0 Å². The van der Waals surface area contributed by atoms with E-state index in [0.29, 0.717) is 17.5 Å². The molecule has 0 aliphatic rings. The molecule has 0 amide bonds. The Hall–Kier alpha value is -7.83. The average molecular weight is 730 g/mol. The fourth-order valence-electron chi connectivity index (χ4n) is 8.79. The van der Waals surface area contributed by atoms with Crippen LogP contribution in [0.25, 0.3) is 111 Å². The van der Waals surface area contributed by atoms with Crippen LogP contribution in [0.3, 0.4) is 0 Å². The molecule has 266 valence electrons. The summed E-state index contributed by atoms with van der Waals surface area (Å²) in [6.07, 6.45) is 0. The van der Waals surface area contributed by atoms with Gasteiger partial charge in [-0.3, -0.25) is 0 Å². The van der Waals surface area contributed by atoms with Crippen LogP contribution in [0.1, 0.15) is 0 Å². The van der Waals surface area contributed by atoms with E-state index < -0.39 is 0 Å². The highest BCUT2D eigenvalue weighted by Crippen LogP contribution is 2.43. The molecule has 0 bridgehead atoms. The van der Waals surface area contributed by atoms with E-state index in [4.69, 9.17) is 19.4 Å². The summed E-state index contributed by atoms with van der Waals surface area (Å²) >= 11 is 0. The summed E-state index contributed by atoms with van der Waals surface area (Å²) in [5, 5.41) is 6.62. The van der Waals surface area contributed by atoms with E-state index in [9.17, 15) is 0 Å². The Balaban J connectivity index is 1.16. The molecule has 0 saturated heterocycles. The Morgan fingerprint density at radius 3 is 1.68 bits per heavy atom. The van der Waals surface area contributed by atoms with Gasteiger partial charge in [-0.25, -0.2) is 15.0 Å². The summed E-state index contributed by atoms with van der Waals surface area (Å²) < 4.78 is 11.1. The van der Waals surface area contributed by atoms with Crippen LogP contribution >= 0.6 is 0 Å². The van der Waals surface area contributed by atoms with E-state index in [1.54, 1.807) is 0 Å². The zero-order valence-corrected chi connectivity index (χ0v) is 30.5. The molecular formula is C51H31N5O. The number of aromatic nitrogens is 5. The summed E-state index contributed by atoms with van der Waals surface area (Å²) in [6.45, 7) is 0. The van der Waals surface area contributed by atoms with E-state index in [1.165, 1.54) is 16.3 Å². The van der Waals surface area contributed by atoms with Crippen molar-refractivity contribution in [2.45, 2.75) is 0 Å². The lowest BCUT2D eigenvalue weighted by Gasteiger charge is -2.14. The molecule has 8 aromatic carbocycles. The van der Waals surface area contributed by atoms with Gasteiger partial charge in [0.1, 0.15) is 11.2 Å². The predicted molar refractivity (Wildman–Crippen MR) is 232 cm³/mol. The van der Waals surface area contributed by atoms with Crippen LogP contribution in [0.4, 0.5) is 0 Å². The zero-order valence-electron chi connectivity index (χ0n) is 30.5. The van der Waals surface area contributed by atoms with Crippen molar-refractivity contribution in [1.29, 1.82) is 0 Å². The highest BCUT2D eigenvalue weighted by molar-refractivity contribution is 6.18. The molecule has 0 unspecified atom stereocenters. The first-order chi connectivity index (χ1) is 28.3. The molecule has 6 nitrogen and oxygen atoms in total. The van der Waals surface area contributed by atoms with Gasteiger partial charge in [0, 0.05) is 54.7 Å². The fraction of sp³-hybridized carbons (Fsp3) is 0. The topological polar surface area (TPSA) is 61.7 Å². The maximum Gasteiger partial charge on any atom is 0.164 e. The van der Waals surface area contributed by atoms with Crippen molar-refractivity contribution >= 4 is 65.6 Å². The minimum Gasteiger partial charge on any atom is -0.456 e. The molecule has 0 aliphatic heterocycles. The van der Waals surface area contributed by atoms with Gasteiger partial charge < -0.3 is 13.6 Å².